The second-order valence-corrected chi connectivity index (χ2v) is 8.69. The van der Waals surface area contributed by atoms with Gasteiger partial charge in [0.05, 0.1) is 30.7 Å². The normalized spacial score (nSPS) is 11.6. The first-order chi connectivity index (χ1) is 16.4. The van der Waals surface area contributed by atoms with Crippen LogP contribution in [0.15, 0.2) is 54.2 Å². The Hall–Kier alpha value is -3.17. The molecule has 34 heavy (non-hydrogen) atoms. The maximum absolute atomic E-state index is 12.7. The first-order valence-electron chi connectivity index (χ1n) is 10.5. The van der Waals surface area contributed by atoms with E-state index in [-0.39, 0.29) is 17.8 Å². The van der Waals surface area contributed by atoms with Gasteiger partial charge in [-0.05, 0) is 31.5 Å². The fourth-order valence-electron chi connectivity index (χ4n) is 3.23. The predicted octanol–water partition coefficient (Wildman–Crippen LogP) is 5.31. The molecule has 1 unspecified atom stereocenters. The molecule has 0 aliphatic rings. The lowest BCUT2D eigenvalue weighted by Gasteiger charge is -2.16. The third-order valence-electron chi connectivity index (χ3n) is 4.80. The van der Waals surface area contributed by atoms with Crippen LogP contribution in [0.1, 0.15) is 24.4 Å². The van der Waals surface area contributed by atoms with Crippen LogP contribution in [0.25, 0.3) is 0 Å². The number of anilines is 1. The number of allylic oxidation sites excluding steroid dienone is 1. The lowest BCUT2D eigenvalue weighted by atomic mass is 10.2. The fraction of sp³-hybridized carbons (Fsp3) is 0.292. The van der Waals surface area contributed by atoms with Gasteiger partial charge >= 0.3 is 0 Å². The number of benzene rings is 2. The number of hydrogen-bond donors (Lipinski definition) is 1. The SMILES string of the molecule is C=CCn1c(SCC(=O)Nc2cc(OC)c(Cl)cc2OC)nnc1C(C)Oc1cccc(C)c1. The zero-order valence-corrected chi connectivity index (χ0v) is 21.1. The van der Waals surface area contributed by atoms with Crippen molar-refractivity contribution >= 4 is 35.0 Å². The van der Waals surface area contributed by atoms with Gasteiger partial charge in [-0.3, -0.25) is 9.36 Å². The molecular formula is C24H27ClN4O4S. The molecule has 0 bridgehead atoms. The van der Waals surface area contributed by atoms with Crippen LogP contribution in [0.5, 0.6) is 17.2 Å². The number of nitrogens with zero attached hydrogens (tertiary/aromatic N) is 3. The Labute approximate surface area is 208 Å². The van der Waals surface area contributed by atoms with Gasteiger partial charge in [-0.15, -0.1) is 16.8 Å². The molecule has 1 heterocycles. The highest BCUT2D eigenvalue weighted by atomic mass is 35.5. The van der Waals surface area contributed by atoms with Gasteiger partial charge in [-0.1, -0.05) is 41.6 Å². The number of carbonyl (C=O) groups is 1. The third kappa shape index (κ3) is 6.24. The van der Waals surface area contributed by atoms with Crippen molar-refractivity contribution in [3.05, 3.63) is 65.5 Å². The van der Waals surface area contributed by atoms with Crippen LogP contribution in [-0.4, -0.2) is 40.6 Å². The van der Waals surface area contributed by atoms with Crippen LogP contribution in [0.2, 0.25) is 5.02 Å². The minimum absolute atomic E-state index is 0.108. The number of carbonyl (C=O) groups excluding carboxylic acids is 1. The molecule has 3 aromatic rings. The molecular weight excluding hydrogens is 476 g/mol. The summed E-state index contributed by atoms with van der Waals surface area (Å²) in [5.74, 6) is 2.13. The number of thioether (sulfide) groups is 1. The standard InChI is InChI=1S/C24H27ClN4O4S/c1-6-10-29-23(16(3)33-17-9-7-8-15(2)11-17)27-28-24(29)34-14-22(30)26-19-13-20(31-4)18(25)12-21(19)32-5/h6-9,11-13,16H,1,10,14H2,2-5H3,(H,26,30). The number of rotatable bonds is 11. The van der Waals surface area contributed by atoms with Crippen molar-refractivity contribution < 1.29 is 19.0 Å². The molecule has 1 atom stereocenters. The second kappa shape index (κ2) is 11.8. The predicted molar refractivity (Wildman–Crippen MR) is 134 cm³/mol. The van der Waals surface area contributed by atoms with Crippen LogP contribution in [0, 0.1) is 6.92 Å². The average Bonchev–Trinajstić information content (AvgIpc) is 3.21. The van der Waals surface area contributed by atoms with E-state index in [4.69, 9.17) is 25.8 Å². The van der Waals surface area contributed by atoms with Crippen molar-refractivity contribution in [3.8, 4) is 17.2 Å². The number of amides is 1. The molecule has 2 aromatic carbocycles. The number of aryl methyl sites for hydroxylation is 1. The van der Waals surface area contributed by atoms with Crippen molar-refractivity contribution in [2.75, 3.05) is 25.3 Å². The van der Waals surface area contributed by atoms with Gasteiger partial charge in [0, 0.05) is 18.7 Å². The zero-order chi connectivity index (χ0) is 24.7. The molecule has 0 fully saturated rings. The van der Waals surface area contributed by atoms with E-state index in [9.17, 15) is 4.79 Å². The van der Waals surface area contributed by atoms with E-state index in [0.717, 1.165) is 11.3 Å². The van der Waals surface area contributed by atoms with Crippen molar-refractivity contribution in [1.29, 1.82) is 0 Å². The highest BCUT2D eigenvalue weighted by molar-refractivity contribution is 7.99. The lowest BCUT2D eigenvalue weighted by molar-refractivity contribution is -0.113. The van der Waals surface area contributed by atoms with Gasteiger partial charge in [0.15, 0.2) is 17.1 Å². The highest BCUT2D eigenvalue weighted by Gasteiger charge is 2.20. The van der Waals surface area contributed by atoms with E-state index in [2.05, 4.69) is 22.1 Å². The first kappa shape index (κ1) is 25.5. The molecule has 0 saturated heterocycles. The number of halogens is 1. The molecule has 3 rings (SSSR count). The first-order valence-corrected chi connectivity index (χ1v) is 11.8. The Bertz CT molecular complexity index is 1170. The number of hydrogen-bond acceptors (Lipinski definition) is 7. The Morgan fingerprint density at radius 3 is 2.68 bits per heavy atom. The maximum Gasteiger partial charge on any atom is 0.234 e. The quantitative estimate of drug-likeness (QED) is 0.280. The van der Waals surface area contributed by atoms with Crippen LogP contribution >= 0.6 is 23.4 Å². The highest BCUT2D eigenvalue weighted by Crippen LogP contribution is 2.36. The van der Waals surface area contributed by atoms with E-state index in [1.54, 1.807) is 18.2 Å². The number of methoxy groups -OCH3 is 2. The van der Waals surface area contributed by atoms with E-state index in [1.807, 2.05) is 42.7 Å². The Morgan fingerprint density at radius 2 is 2.00 bits per heavy atom. The van der Waals surface area contributed by atoms with Crippen LogP contribution < -0.4 is 19.5 Å². The zero-order valence-electron chi connectivity index (χ0n) is 19.5. The minimum atomic E-state index is -0.344. The Morgan fingerprint density at radius 1 is 1.24 bits per heavy atom. The molecule has 180 valence electrons. The summed E-state index contributed by atoms with van der Waals surface area (Å²) in [5, 5.41) is 12.4. The summed E-state index contributed by atoms with van der Waals surface area (Å²) in [4.78, 5) is 12.7. The summed E-state index contributed by atoms with van der Waals surface area (Å²) in [6.45, 7) is 8.22. The van der Waals surface area contributed by atoms with Crippen LogP contribution in [0.4, 0.5) is 5.69 Å². The van der Waals surface area contributed by atoms with Crippen molar-refractivity contribution in [3.63, 3.8) is 0 Å². The second-order valence-electron chi connectivity index (χ2n) is 7.34. The Kier molecular flexibility index (Phi) is 8.84. The largest absolute Gasteiger partial charge is 0.495 e. The van der Waals surface area contributed by atoms with Gasteiger partial charge in [-0.25, -0.2) is 0 Å². The molecule has 8 nitrogen and oxygen atoms in total. The average molecular weight is 503 g/mol. The number of aromatic nitrogens is 3. The van der Waals surface area contributed by atoms with E-state index in [0.29, 0.717) is 39.7 Å². The van der Waals surface area contributed by atoms with Crippen LogP contribution in [-0.2, 0) is 11.3 Å². The number of ether oxygens (including phenoxy) is 3. The molecule has 0 spiro atoms. The molecule has 10 heteroatoms. The van der Waals surface area contributed by atoms with Gasteiger partial charge in [0.2, 0.25) is 5.91 Å². The summed E-state index contributed by atoms with van der Waals surface area (Å²) in [6.07, 6.45) is 1.41. The fourth-order valence-corrected chi connectivity index (χ4v) is 4.21. The van der Waals surface area contributed by atoms with Crippen molar-refractivity contribution in [2.45, 2.75) is 31.7 Å². The van der Waals surface area contributed by atoms with Crippen LogP contribution in [0.3, 0.4) is 0 Å². The summed E-state index contributed by atoms with van der Waals surface area (Å²) < 4.78 is 18.5. The molecule has 0 saturated carbocycles. The topological polar surface area (TPSA) is 87.5 Å². The lowest BCUT2D eigenvalue weighted by Crippen LogP contribution is -2.16. The molecule has 1 amide bonds. The smallest absolute Gasteiger partial charge is 0.234 e. The maximum atomic E-state index is 12.7. The summed E-state index contributed by atoms with van der Waals surface area (Å²) in [6, 6.07) is 11.0. The molecule has 0 radical (unpaired) electrons. The van der Waals surface area contributed by atoms with Gasteiger partial charge in [-0.2, -0.15) is 0 Å². The Balaban J connectivity index is 1.70. The van der Waals surface area contributed by atoms with E-state index in [1.165, 1.54) is 26.0 Å². The summed E-state index contributed by atoms with van der Waals surface area (Å²) in [7, 11) is 3.00. The molecule has 1 N–H and O–H groups in total. The summed E-state index contributed by atoms with van der Waals surface area (Å²) >= 11 is 7.40. The van der Waals surface area contributed by atoms with Gasteiger partial charge in [0.1, 0.15) is 17.2 Å². The van der Waals surface area contributed by atoms with Gasteiger partial charge in [0.25, 0.3) is 0 Å². The molecule has 0 aliphatic carbocycles. The minimum Gasteiger partial charge on any atom is -0.495 e. The molecule has 1 aromatic heterocycles. The van der Waals surface area contributed by atoms with E-state index < -0.39 is 0 Å². The molecule has 0 aliphatic heterocycles. The number of nitrogens with one attached hydrogen (secondary N) is 1. The van der Waals surface area contributed by atoms with Crippen molar-refractivity contribution in [2.24, 2.45) is 0 Å². The monoisotopic (exact) mass is 502 g/mol. The third-order valence-corrected chi connectivity index (χ3v) is 6.07. The van der Waals surface area contributed by atoms with Gasteiger partial charge < -0.3 is 19.5 Å². The van der Waals surface area contributed by atoms with E-state index >= 15 is 0 Å². The summed E-state index contributed by atoms with van der Waals surface area (Å²) in [5.41, 5.74) is 1.57. The van der Waals surface area contributed by atoms with Crippen molar-refractivity contribution in [1.82, 2.24) is 14.8 Å².